The molecular formula is C25H28N2O2S2. The third-order valence-corrected chi connectivity index (χ3v) is 7.52. The Kier molecular flexibility index (Phi) is 7.20. The van der Waals surface area contributed by atoms with Gasteiger partial charge in [-0.15, -0.1) is 22.7 Å². The fourth-order valence-electron chi connectivity index (χ4n) is 4.14. The maximum Gasteiger partial charge on any atom is 0.265 e. The molecule has 0 bridgehead atoms. The molecule has 0 aliphatic heterocycles. The van der Waals surface area contributed by atoms with Crippen LogP contribution in [0.2, 0.25) is 0 Å². The van der Waals surface area contributed by atoms with E-state index in [1.165, 1.54) is 17.8 Å². The molecule has 2 amide bonds. The van der Waals surface area contributed by atoms with E-state index in [1.807, 2.05) is 66.2 Å². The fraction of sp³-hybridized carbons (Fsp3) is 0.360. The minimum absolute atomic E-state index is 0.0859. The predicted octanol–water partition coefficient (Wildman–Crippen LogP) is 5.95. The highest BCUT2D eigenvalue weighted by molar-refractivity contribution is 7.12. The van der Waals surface area contributed by atoms with Crippen LogP contribution in [0.4, 0.5) is 0 Å². The number of carbonyl (C=O) groups is 2. The summed E-state index contributed by atoms with van der Waals surface area (Å²) in [6, 6.07) is 15.2. The summed E-state index contributed by atoms with van der Waals surface area (Å²) in [6.45, 7) is 2.44. The molecule has 162 valence electrons. The van der Waals surface area contributed by atoms with Crippen LogP contribution in [0.5, 0.6) is 0 Å². The number of hydrogen-bond donors (Lipinski definition) is 1. The first kappa shape index (κ1) is 21.8. The average Bonchev–Trinajstić information content (AvgIpc) is 3.49. The molecule has 1 fully saturated rings. The van der Waals surface area contributed by atoms with E-state index in [9.17, 15) is 9.59 Å². The molecule has 1 N–H and O–H groups in total. The molecule has 1 aliphatic rings. The normalized spacial score (nSPS) is 15.4. The third-order valence-electron chi connectivity index (χ3n) is 5.80. The molecule has 4 nitrogen and oxygen atoms in total. The van der Waals surface area contributed by atoms with Crippen molar-refractivity contribution in [3.8, 4) is 0 Å². The maximum atomic E-state index is 13.6. The Morgan fingerprint density at radius 1 is 1.00 bits per heavy atom. The summed E-state index contributed by atoms with van der Waals surface area (Å²) in [7, 11) is 0. The van der Waals surface area contributed by atoms with Gasteiger partial charge in [-0.25, -0.2) is 0 Å². The van der Waals surface area contributed by atoms with Gasteiger partial charge in [0.05, 0.1) is 11.4 Å². The van der Waals surface area contributed by atoms with Crippen LogP contribution in [0.3, 0.4) is 0 Å². The van der Waals surface area contributed by atoms with Crippen LogP contribution >= 0.6 is 22.7 Å². The van der Waals surface area contributed by atoms with Crippen molar-refractivity contribution in [1.29, 1.82) is 0 Å². The van der Waals surface area contributed by atoms with Crippen molar-refractivity contribution in [2.75, 3.05) is 0 Å². The van der Waals surface area contributed by atoms with Crippen LogP contribution in [0.1, 0.15) is 63.8 Å². The summed E-state index contributed by atoms with van der Waals surface area (Å²) in [5, 5.41) is 7.17. The monoisotopic (exact) mass is 452 g/mol. The standard InChI is InChI=1S/C25H28N2O2S2/c1-18-11-13-19(14-12-18)23(24(28)26-20-7-3-2-4-8-20)27(17-21-9-5-15-30-21)25(29)22-10-6-16-31-22/h5-6,9-16,20,23H,2-4,7-8,17H2,1H3,(H,26,28). The van der Waals surface area contributed by atoms with Gasteiger partial charge in [-0.1, -0.05) is 61.2 Å². The molecule has 31 heavy (non-hydrogen) atoms. The van der Waals surface area contributed by atoms with Gasteiger partial charge in [0.25, 0.3) is 5.91 Å². The number of carbonyl (C=O) groups excluding carboxylic acids is 2. The summed E-state index contributed by atoms with van der Waals surface area (Å²) in [6.07, 6.45) is 5.54. The van der Waals surface area contributed by atoms with Gasteiger partial charge in [-0.05, 0) is 48.2 Å². The van der Waals surface area contributed by atoms with Crippen LogP contribution in [0.15, 0.2) is 59.3 Å². The average molecular weight is 453 g/mol. The molecule has 1 aliphatic carbocycles. The van der Waals surface area contributed by atoms with Crippen molar-refractivity contribution in [2.45, 2.75) is 57.7 Å². The molecule has 1 aromatic carbocycles. The van der Waals surface area contributed by atoms with Crippen LogP contribution < -0.4 is 5.32 Å². The van der Waals surface area contributed by atoms with Crippen molar-refractivity contribution >= 4 is 34.5 Å². The lowest BCUT2D eigenvalue weighted by Crippen LogP contribution is -2.46. The number of hydrogen-bond acceptors (Lipinski definition) is 4. The second-order valence-corrected chi connectivity index (χ2v) is 10.1. The van der Waals surface area contributed by atoms with E-state index in [0.717, 1.165) is 41.7 Å². The minimum Gasteiger partial charge on any atom is -0.351 e. The van der Waals surface area contributed by atoms with Gasteiger partial charge in [-0.3, -0.25) is 9.59 Å². The quantitative estimate of drug-likeness (QED) is 0.481. The first-order valence-electron chi connectivity index (χ1n) is 10.9. The summed E-state index contributed by atoms with van der Waals surface area (Å²) < 4.78 is 0. The topological polar surface area (TPSA) is 49.4 Å². The zero-order valence-electron chi connectivity index (χ0n) is 17.8. The zero-order chi connectivity index (χ0) is 21.6. The minimum atomic E-state index is -0.667. The highest BCUT2D eigenvalue weighted by Crippen LogP contribution is 2.29. The van der Waals surface area contributed by atoms with Gasteiger partial charge in [-0.2, -0.15) is 0 Å². The van der Waals surface area contributed by atoms with Gasteiger partial charge >= 0.3 is 0 Å². The summed E-state index contributed by atoms with van der Waals surface area (Å²) in [4.78, 5) is 30.7. The van der Waals surface area contributed by atoms with Crippen LogP contribution in [-0.2, 0) is 11.3 Å². The first-order valence-corrected chi connectivity index (χ1v) is 12.6. The van der Waals surface area contributed by atoms with Gasteiger partial charge in [0, 0.05) is 10.9 Å². The van der Waals surface area contributed by atoms with Gasteiger partial charge < -0.3 is 10.2 Å². The summed E-state index contributed by atoms with van der Waals surface area (Å²) in [5.74, 6) is -0.190. The molecule has 0 radical (unpaired) electrons. The van der Waals surface area contributed by atoms with E-state index in [2.05, 4.69) is 5.32 Å². The van der Waals surface area contributed by atoms with Crippen LogP contribution in [-0.4, -0.2) is 22.8 Å². The van der Waals surface area contributed by atoms with E-state index in [1.54, 1.807) is 16.2 Å². The summed E-state index contributed by atoms with van der Waals surface area (Å²) in [5.41, 5.74) is 1.98. The summed E-state index contributed by atoms with van der Waals surface area (Å²) >= 11 is 3.02. The second kappa shape index (κ2) is 10.2. The van der Waals surface area contributed by atoms with Gasteiger partial charge in [0.2, 0.25) is 5.91 Å². The number of nitrogens with one attached hydrogen (secondary N) is 1. The Balaban J connectivity index is 1.70. The smallest absolute Gasteiger partial charge is 0.265 e. The lowest BCUT2D eigenvalue weighted by Gasteiger charge is -2.33. The molecule has 0 saturated heterocycles. The Morgan fingerprint density at radius 2 is 1.71 bits per heavy atom. The van der Waals surface area contributed by atoms with E-state index < -0.39 is 6.04 Å². The molecule has 6 heteroatoms. The molecule has 2 aromatic heterocycles. The second-order valence-electron chi connectivity index (χ2n) is 8.15. The van der Waals surface area contributed by atoms with Crippen LogP contribution in [0, 0.1) is 6.92 Å². The SMILES string of the molecule is Cc1ccc(C(C(=O)NC2CCCCC2)N(Cc2cccs2)C(=O)c2cccs2)cc1. The molecule has 3 aromatic rings. The first-order chi connectivity index (χ1) is 15.1. The lowest BCUT2D eigenvalue weighted by atomic mass is 9.94. The third kappa shape index (κ3) is 5.43. The van der Waals surface area contributed by atoms with E-state index in [4.69, 9.17) is 0 Å². The Hall–Kier alpha value is -2.44. The van der Waals surface area contributed by atoms with Gasteiger partial charge in [0.15, 0.2) is 0 Å². The molecular weight excluding hydrogens is 424 g/mol. The number of rotatable bonds is 7. The highest BCUT2D eigenvalue weighted by Gasteiger charge is 2.34. The van der Waals surface area contributed by atoms with Crippen molar-refractivity contribution in [1.82, 2.24) is 10.2 Å². The largest absolute Gasteiger partial charge is 0.351 e. The van der Waals surface area contributed by atoms with E-state index in [-0.39, 0.29) is 17.9 Å². The number of amides is 2. The Morgan fingerprint density at radius 3 is 2.35 bits per heavy atom. The van der Waals surface area contributed by atoms with Crippen molar-refractivity contribution in [3.63, 3.8) is 0 Å². The van der Waals surface area contributed by atoms with Crippen molar-refractivity contribution < 1.29 is 9.59 Å². The van der Waals surface area contributed by atoms with E-state index in [0.29, 0.717) is 11.4 Å². The molecule has 1 atom stereocenters. The number of benzene rings is 1. The molecule has 1 saturated carbocycles. The molecule has 0 spiro atoms. The van der Waals surface area contributed by atoms with Crippen LogP contribution in [0.25, 0.3) is 0 Å². The Labute approximate surface area is 191 Å². The highest BCUT2D eigenvalue weighted by atomic mass is 32.1. The zero-order valence-corrected chi connectivity index (χ0v) is 19.4. The van der Waals surface area contributed by atoms with Crippen molar-refractivity contribution in [2.24, 2.45) is 0 Å². The Bertz CT molecular complexity index is 975. The molecule has 1 unspecified atom stereocenters. The number of aryl methyl sites for hydroxylation is 1. The predicted molar refractivity (Wildman–Crippen MR) is 127 cm³/mol. The number of thiophene rings is 2. The molecule has 2 heterocycles. The fourth-order valence-corrected chi connectivity index (χ4v) is 5.52. The maximum absolute atomic E-state index is 13.6. The van der Waals surface area contributed by atoms with E-state index >= 15 is 0 Å². The van der Waals surface area contributed by atoms with Gasteiger partial charge in [0.1, 0.15) is 6.04 Å². The number of nitrogens with zero attached hydrogens (tertiary/aromatic N) is 1. The van der Waals surface area contributed by atoms with Crippen molar-refractivity contribution in [3.05, 3.63) is 80.2 Å². The lowest BCUT2D eigenvalue weighted by molar-refractivity contribution is -0.127. The molecule has 4 rings (SSSR count).